The summed E-state index contributed by atoms with van der Waals surface area (Å²) in [6.45, 7) is 1.98. The van der Waals surface area contributed by atoms with Gasteiger partial charge in [-0.05, 0) is 25.2 Å². The van der Waals surface area contributed by atoms with E-state index in [1.807, 2.05) is 11.9 Å². The molecule has 0 bridgehead atoms. The van der Waals surface area contributed by atoms with Crippen LogP contribution in [0.25, 0.3) is 0 Å². The molecule has 2 rings (SSSR count). The molecule has 0 spiro atoms. The molecule has 1 N–H and O–H groups in total. The van der Waals surface area contributed by atoms with Gasteiger partial charge < -0.3 is 10.2 Å². The highest BCUT2D eigenvalue weighted by Gasteiger charge is 2.30. The fourth-order valence-corrected chi connectivity index (χ4v) is 3.83. The highest BCUT2D eigenvalue weighted by atomic mass is 32.2. The minimum Gasteiger partial charge on any atom is -0.326 e. The molecule has 140 valence electrons. The van der Waals surface area contributed by atoms with Crippen LogP contribution in [0.4, 0.5) is 18.9 Å². The highest BCUT2D eigenvalue weighted by Crippen LogP contribution is 2.30. The quantitative estimate of drug-likeness (QED) is 0.844. The number of rotatable bonds is 5. The monoisotopic (exact) mass is 379 g/mol. The summed E-state index contributed by atoms with van der Waals surface area (Å²) >= 11 is 0. The second-order valence-electron chi connectivity index (χ2n) is 5.90. The third-order valence-electron chi connectivity index (χ3n) is 3.92. The van der Waals surface area contributed by atoms with Crippen molar-refractivity contribution in [3.8, 4) is 0 Å². The van der Waals surface area contributed by atoms with E-state index in [4.69, 9.17) is 0 Å². The van der Waals surface area contributed by atoms with E-state index < -0.39 is 27.7 Å². The van der Waals surface area contributed by atoms with Crippen molar-refractivity contribution in [3.63, 3.8) is 0 Å². The number of hydrogen-bond acceptors (Lipinski definition) is 4. The van der Waals surface area contributed by atoms with Crippen molar-refractivity contribution in [2.24, 2.45) is 0 Å². The van der Waals surface area contributed by atoms with Gasteiger partial charge in [-0.3, -0.25) is 4.79 Å². The molecule has 1 fully saturated rings. The molecule has 0 saturated carbocycles. The number of hydrogen-bond donors (Lipinski definition) is 1. The van der Waals surface area contributed by atoms with Crippen molar-refractivity contribution in [2.75, 3.05) is 44.3 Å². The summed E-state index contributed by atoms with van der Waals surface area (Å²) < 4.78 is 63.7. The van der Waals surface area contributed by atoms with E-state index in [9.17, 15) is 26.4 Å². The number of anilines is 1. The molecule has 1 aromatic rings. The number of halogens is 3. The molecule has 0 radical (unpaired) electrons. The average Bonchev–Trinajstić information content (AvgIpc) is 2.53. The van der Waals surface area contributed by atoms with Crippen LogP contribution in [0.3, 0.4) is 0 Å². The van der Waals surface area contributed by atoms with Gasteiger partial charge in [0, 0.05) is 38.3 Å². The lowest BCUT2D eigenvalue weighted by Gasteiger charge is -2.31. The average molecular weight is 379 g/mol. The van der Waals surface area contributed by atoms with Crippen LogP contribution in [0, 0.1) is 0 Å². The SMILES string of the molecule is CN1CCN(S(=O)(=O)CCC(=O)Nc2cccc(C(F)(F)F)c2)CC1. The van der Waals surface area contributed by atoms with Gasteiger partial charge in [0.2, 0.25) is 15.9 Å². The predicted molar refractivity (Wildman–Crippen MR) is 87.5 cm³/mol. The summed E-state index contributed by atoms with van der Waals surface area (Å²) in [5.74, 6) is -1.02. The van der Waals surface area contributed by atoms with Crippen molar-refractivity contribution < 1.29 is 26.4 Å². The Hall–Kier alpha value is -1.65. The zero-order valence-corrected chi connectivity index (χ0v) is 14.5. The van der Waals surface area contributed by atoms with Crippen LogP contribution in [0.1, 0.15) is 12.0 Å². The maximum absolute atomic E-state index is 12.6. The van der Waals surface area contributed by atoms with Crippen LogP contribution in [-0.2, 0) is 21.0 Å². The van der Waals surface area contributed by atoms with Gasteiger partial charge in [0.05, 0.1) is 11.3 Å². The first-order valence-electron chi connectivity index (χ1n) is 7.71. The Morgan fingerprint density at radius 3 is 2.44 bits per heavy atom. The Morgan fingerprint density at radius 1 is 1.20 bits per heavy atom. The summed E-state index contributed by atoms with van der Waals surface area (Å²) in [6.07, 6.45) is -4.82. The summed E-state index contributed by atoms with van der Waals surface area (Å²) in [6, 6.07) is 4.21. The van der Waals surface area contributed by atoms with Crippen LogP contribution < -0.4 is 5.32 Å². The molecule has 6 nitrogen and oxygen atoms in total. The van der Waals surface area contributed by atoms with E-state index in [1.165, 1.54) is 16.4 Å². The van der Waals surface area contributed by atoms with E-state index in [0.29, 0.717) is 26.2 Å². The fourth-order valence-electron chi connectivity index (χ4n) is 2.41. The molecule has 0 aliphatic carbocycles. The predicted octanol–water partition coefficient (Wildman–Crippen LogP) is 1.61. The maximum atomic E-state index is 12.6. The molecule has 1 aliphatic rings. The van der Waals surface area contributed by atoms with E-state index in [0.717, 1.165) is 12.1 Å². The first-order valence-corrected chi connectivity index (χ1v) is 9.32. The number of carbonyl (C=O) groups is 1. The zero-order valence-electron chi connectivity index (χ0n) is 13.7. The third kappa shape index (κ3) is 5.68. The summed E-state index contributed by atoms with van der Waals surface area (Å²) in [5, 5.41) is 2.31. The molecule has 10 heteroatoms. The number of nitrogens with zero attached hydrogens (tertiary/aromatic N) is 2. The smallest absolute Gasteiger partial charge is 0.326 e. The van der Waals surface area contributed by atoms with Crippen molar-refractivity contribution in [3.05, 3.63) is 29.8 Å². The molecular formula is C15H20F3N3O3S. The Kier molecular flexibility index (Phi) is 6.07. The van der Waals surface area contributed by atoms with E-state index in [-0.39, 0.29) is 17.9 Å². The van der Waals surface area contributed by atoms with Gasteiger partial charge in [0.15, 0.2) is 0 Å². The Balaban J connectivity index is 1.90. The van der Waals surface area contributed by atoms with Crippen LogP contribution in [0.15, 0.2) is 24.3 Å². The Labute approximate surface area is 144 Å². The lowest BCUT2D eigenvalue weighted by atomic mass is 10.2. The van der Waals surface area contributed by atoms with Gasteiger partial charge in [-0.15, -0.1) is 0 Å². The highest BCUT2D eigenvalue weighted by molar-refractivity contribution is 7.89. The number of benzene rings is 1. The fraction of sp³-hybridized carbons (Fsp3) is 0.533. The van der Waals surface area contributed by atoms with Crippen molar-refractivity contribution in [1.29, 1.82) is 0 Å². The molecule has 1 aliphatic heterocycles. The van der Waals surface area contributed by atoms with Gasteiger partial charge in [-0.2, -0.15) is 17.5 Å². The van der Waals surface area contributed by atoms with Crippen molar-refractivity contribution in [2.45, 2.75) is 12.6 Å². The first kappa shape index (κ1) is 19.7. The van der Waals surface area contributed by atoms with E-state index in [2.05, 4.69) is 5.32 Å². The second-order valence-corrected chi connectivity index (χ2v) is 7.98. The zero-order chi connectivity index (χ0) is 18.7. The van der Waals surface area contributed by atoms with Crippen LogP contribution >= 0.6 is 0 Å². The summed E-state index contributed by atoms with van der Waals surface area (Å²) in [4.78, 5) is 13.9. The molecule has 0 atom stereocenters. The molecule has 0 aromatic heterocycles. The number of piperazine rings is 1. The molecule has 1 saturated heterocycles. The molecular weight excluding hydrogens is 359 g/mol. The van der Waals surface area contributed by atoms with Gasteiger partial charge in [0.25, 0.3) is 0 Å². The summed E-state index contributed by atoms with van der Waals surface area (Å²) in [5.41, 5.74) is -0.896. The number of alkyl halides is 3. The third-order valence-corrected chi connectivity index (χ3v) is 5.79. The normalized spacial score (nSPS) is 17.4. The van der Waals surface area contributed by atoms with Crippen molar-refractivity contribution in [1.82, 2.24) is 9.21 Å². The number of nitrogens with one attached hydrogen (secondary N) is 1. The van der Waals surface area contributed by atoms with Gasteiger partial charge in [-0.1, -0.05) is 6.07 Å². The first-order chi connectivity index (χ1) is 11.6. The van der Waals surface area contributed by atoms with Crippen molar-refractivity contribution >= 4 is 21.6 Å². The lowest BCUT2D eigenvalue weighted by molar-refractivity contribution is -0.137. The number of carbonyl (C=O) groups excluding carboxylic acids is 1. The van der Waals surface area contributed by atoms with Gasteiger partial charge in [0.1, 0.15) is 0 Å². The van der Waals surface area contributed by atoms with E-state index in [1.54, 1.807) is 0 Å². The summed E-state index contributed by atoms with van der Waals surface area (Å²) in [7, 11) is -1.66. The minimum atomic E-state index is -4.51. The van der Waals surface area contributed by atoms with Crippen LogP contribution in [0.5, 0.6) is 0 Å². The number of likely N-dealkylation sites (N-methyl/N-ethyl adjacent to an activating group) is 1. The molecule has 1 heterocycles. The minimum absolute atomic E-state index is 0.0168. The lowest BCUT2D eigenvalue weighted by Crippen LogP contribution is -2.47. The Bertz CT molecular complexity index is 714. The Morgan fingerprint density at radius 2 is 1.84 bits per heavy atom. The van der Waals surface area contributed by atoms with Crippen LogP contribution in [-0.4, -0.2) is 62.5 Å². The standard InChI is InChI=1S/C15H20F3N3O3S/c1-20-6-8-21(9-7-20)25(23,24)10-5-14(22)19-13-4-2-3-12(11-13)15(16,17)18/h2-4,11H,5-10H2,1H3,(H,19,22). The number of sulfonamides is 1. The molecule has 0 unspecified atom stereocenters. The second kappa shape index (κ2) is 7.71. The van der Waals surface area contributed by atoms with Crippen LogP contribution in [0.2, 0.25) is 0 Å². The van der Waals surface area contributed by atoms with Gasteiger partial charge >= 0.3 is 6.18 Å². The largest absolute Gasteiger partial charge is 0.416 e. The molecule has 25 heavy (non-hydrogen) atoms. The molecule has 1 aromatic carbocycles. The number of amides is 1. The molecule has 1 amide bonds. The maximum Gasteiger partial charge on any atom is 0.416 e. The van der Waals surface area contributed by atoms with E-state index >= 15 is 0 Å². The topological polar surface area (TPSA) is 69.7 Å². The van der Waals surface area contributed by atoms with Gasteiger partial charge in [-0.25, -0.2) is 8.42 Å².